The largest absolute Gasteiger partial charge is 0.348 e. The van der Waals surface area contributed by atoms with Gasteiger partial charge in [0, 0.05) is 11.4 Å². The Hall–Kier alpha value is -1.91. The van der Waals surface area contributed by atoms with Crippen LogP contribution in [-0.2, 0) is 0 Å². The van der Waals surface area contributed by atoms with Gasteiger partial charge in [-0.15, -0.1) is 0 Å². The topological polar surface area (TPSA) is 44.9 Å². The first-order valence-electron chi connectivity index (χ1n) is 5.93. The highest BCUT2D eigenvalue weighted by molar-refractivity contribution is 5.98. The maximum atomic E-state index is 13.5. The van der Waals surface area contributed by atoms with Crippen molar-refractivity contribution < 1.29 is 13.6 Å². The number of hydrogen-bond acceptors (Lipinski definition) is 1. The van der Waals surface area contributed by atoms with Crippen molar-refractivity contribution in [2.45, 2.75) is 25.3 Å². The van der Waals surface area contributed by atoms with Crippen LogP contribution in [0.15, 0.2) is 18.2 Å². The lowest BCUT2D eigenvalue weighted by molar-refractivity contribution is 0.0912. The fraction of sp³-hybridized carbons (Fsp3) is 0.308. The lowest BCUT2D eigenvalue weighted by atomic mass is 9.93. The van der Waals surface area contributed by atoms with Gasteiger partial charge in [0.1, 0.15) is 17.3 Å². The molecule has 2 aromatic rings. The lowest BCUT2D eigenvalue weighted by Crippen LogP contribution is -2.39. The van der Waals surface area contributed by atoms with Crippen molar-refractivity contribution in [2.75, 3.05) is 0 Å². The summed E-state index contributed by atoms with van der Waals surface area (Å²) < 4.78 is 26.9. The molecular formula is C13H12F2N2O. The van der Waals surface area contributed by atoms with E-state index in [1.54, 1.807) is 0 Å². The van der Waals surface area contributed by atoms with Crippen LogP contribution in [0.2, 0.25) is 0 Å². The third-order valence-electron chi connectivity index (χ3n) is 3.37. The number of hydrogen-bond donors (Lipinski definition) is 2. The molecule has 5 heteroatoms. The first-order chi connectivity index (χ1) is 8.65. The molecule has 3 nitrogen and oxygen atoms in total. The summed E-state index contributed by atoms with van der Waals surface area (Å²) in [6.07, 6.45) is 3.05. The van der Waals surface area contributed by atoms with Crippen molar-refractivity contribution in [1.29, 1.82) is 0 Å². The van der Waals surface area contributed by atoms with E-state index in [-0.39, 0.29) is 28.5 Å². The molecule has 1 aliphatic carbocycles. The zero-order valence-electron chi connectivity index (χ0n) is 9.59. The number of amides is 1. The predicted octanol–water partition coefficient (Wildman–Crippen LogP) is 2.73. The van der Waals surface area contributed by atoms with Crippen LogP contribution in [0.4, 0.5) is 8.78 Å². The Morgan fingerprint density at radius 2 is 2.00 bits per heavy atom. The van der Waals surface area contributed by atoms with E-state index < -0.39 is 11.6 Å². The number of aromatic nitrogens is 1. The number of aromatic amines is 1. The first kappa shape index (κ1) is 11.2. The monoisotopic (exact) mass is 250 g/mol. The van der Waals surface area contributed by atoms with Gasteiger partial charge in [0.25, 0.3) is 5.91 Å². The molecule has 0 bridgehead atoms. The zero-order chi connectivity index (χ0) is 12.7. The normalized spacial score (nSPS) is 15.7. The average molecular weight is 250 g/mol. The van der Waals surface area contributed by atoms with Crippen LogP contribution in [0, 0.1) is 11.6 Å². The molecule has 0 saturated heterocycles. The number of halogens is 2. The van der Waals surface area contributed by atoms with Crippen molar-refractivity contribution in [3.63, 3.8) is 0 Å². The summed E-state index contributed by atoms with van der Waals surface area (Å²) in [5.41, 5.74) is 0.231. The fourth-order valence-electron chi connectivity index (χ4n) is 2.09. The molecule has 94 valence electrons. The Labute approximate surface area is 102 Å². The van der Waals surface area contributed by atoms with E-state index in [9.17, 15) is 13.6 Å². The van der Waals surface area contributed by atoms with Crippen LogP contribution in [-0.4, -0.2) is 16.9 Å². The second-order valence-corrected chi connectivity index (χ2v) is 4.60. The van der Waals surface area contributed by atoms with Gasteiger partial charge in [-0.2, -0.15) is 0 Å². The zero-order valence-corrected chi connectivity index (χ0v) is 9.59. The molecule has 0 unspecified atom stereocenters. The third-order valence-corrected chi connectivity index (χ3v) is 3.37. The molecule has 1 aromatic heterocycles. The molecule has 0 radical (unpaired) electrons. The number of carbonyl (C=O) groups is 1. The Bertz CT molecular complexity index is 578. The van der Waals surface area contributed by atoms with Crippen LogP contribution < -0.4 is 5.32 Å². The molecule has 0 atom stereocenters. The van der Waals surface area contributed by atoms with E-state index >= 15 is 0 Å². The standard InChI is InChI=1S/C13H12F2N2O/c14-9-4-5-10(15)12-8(9)6-11(17-12)13(18)16-7-2-1-3-7/h4-7,17H,1-3H2,(H,16,18). The quantitative estimate of drug-likeness (QED) is 0.845. The smallest absolute Gasteiger partial charge is 0.267 e. The molecule has 1 amide bonds. The van der Waals surface area contributed by atoms with E-state index in [0.29, 0.717) is 0 Å². The number of rotatable bonds is 2. The van der Waals surface area contributed by atoms with E-state index in [0.717, 1.165) is 31.4 Å². The Balaban J connectivity index is 1.94. The highest BCUT2D eigenvalue weighted by Crippen LogP contribution is 2.23. The van der Waals surface area contributed by atoms with Crippen LogP contribution in [0.5, 0.6) is 0 Å². The summed E-state index contributed by atoms with van der Waals surface area (Å²) in [5.74, 6) is -1.41. The van der Waals surface area contributed by atoms with Crippen molar-refractivity contribution in [2.24, 2.45) is 0 Å². The van der Waals surface area contributed by atoms with Crippen molar-refractivity contribution in [3.05, 3.63) is 35.5 Å². The van der Waals surface area contributed by atoms with Crippen LogP contribution in [0.1, 0.15) is 29.8 Å². The van der Waals surface area contributed by atoms with E-state index in [2.05, 4.69) is 10.3 Å². The number of carbonyl (C=O) groups excluding carboxylic acids is 1. The van der Waals surface area contributed by atoms with Gasteiger partial charge >= 0.3 is 0 Å². The molecule has 18 heavy (non-hydrogen) atoms. The first-order valence-corrected chi connectivity index (χ1v) is 5.93. The number of benzene rings is 1. The van der Waals surface area contributed by atoms with Gasteiger partial charge in [-0.25, -0.2) is 8.78 Å². The van der Waals surface area contributed by atoms with Gasteiger partial charge in [0.05, 0.1) is 5.52 Å². The molecule has 1 aliphatic rings. The van der Waals surface area contributed by atoms with E-state index in [1.807, 2.05) is 0 Å². The van der Waals surface area contributed by atoms with Crippen molar-refractivity contribution in [3.8, 4) is 0 Å². The molecule has 1 aromatic carbocycles. The second-order valence-electron chi connectivity index (χ2n) is 4.60. The number of fused-ring (bicyclic) bond motifs is 1. The number of H-pyrrole nitrogens is 1. The van der Waals surface area contributed by atoms with Gasteiger partial charge in [-0.1, -0.05) is 0 Å². The Morgan fingerprint density at radius 3 is 2.61 bits per heavy atom. The van der Waals surface area contributed by atoms with Crippen LogP contribution in [0.3, 0.4) is 0 Å². The molecule has 3 rings (SSSR count). The predicted molar refractivity (Wildman–Crippen MR) is 63.3 cm³/mol. The fourth-order valence-corrected chi connectivity index (χ4v) is 2.09. The summed E-state index contributed by atoms with van der Waals surface area (Å²) >= 11 is 0. The summed E-state index contributed by atoms with van der Waals surface area (Å²) in [4.78, 5) is 14.5. The van der Waals surface area contributed by atoms with Gasteiger partial charge < -0.3 is 10.3 Å². The lowest BCUT2D eigenvalue weighted by Gasteiger charge is -2.25. The van der Waals surface area contributed by atoms with E-state index in [1.165, 1.54) is 6.07 Å². The minimum Gasteiger partial charge on any atom is -0.348 e. The summed E-state index contributed by atoms with van der Waals surface area (Å²) in [5, 5.41) is 2.92. The van der Waals surface area contributed by atoms with Crippen molar-refractivity contribution >= 4 is 16.8 Å². The molecule has 1 heterocycles. The van der Waals surface area contributed by atoms with Crippen LogP contribution >= 0.6 is 0 Å². The molecule has 0 spiro atoms. The van der Waals surface area contributed by atoms with Crippen LogP contribution in [0.25, 0.3) is 10.9 Å². The maximum absolute atomic E-state index is 13.5. The SMILES string of the molecule is O=C(NC1CCC1)c1cc2c(F)ccc(F)c2[nH]1. The molecule has 1 saturated carbocycles. The minimum atomic E-state index is -0.561. The highest BCUT2D eigenvalue weighted by Gasteiger charge is 2.21. The van der Waals surface area contributed by atoms with E-state index in [4.69, 9.17) is 0 Å². The van der Waals surface area contributed by atoms with Gasteiger partial charge in [-0.3, -0.25) is 4.79 Å². The third kappa shape index (κ3) is 1.75. The van der Waals surface area contributed by atoms with Gasteiger partial charge in [-0.05, 0) is 37.5 Å². The molecule has 1 fully saturated rings. The Morgan fingerprint density at radius 1 is 1.28 bits per heavy atom. The average Bonchev–Trinajstić information content (AvgIpc) is 2.74. The Kier molecular flexibility index (Phi) is 2.54. The summed E-state index contributed by atoms with van der Waals surface area (Å²) in [7, 11) is 0. The highest BCUT2D eigenvalue weighted by atomic mass is 19.1. The summed E-state index contributed by atoms with van der Waals surface area (Å²) in [6.45, 7) is 0. The van der Waals surface area contributed by atoms with Gasteiger partial charge in [0.2, 0.25) is 0 Å². The maximum Gasteiger partial charge on any atom is 0.267 e. The molecular weight excluding hydrogens is 238 g/mol. The second kappa shape index (κ2) is 4.08. The van der Waals surface area contributed by atoms with Gasteiger partial charge in [0.15, 0.2) is 0 Å². The molecule has 0 aliphatic heterocycles. The number of nitrogens with one attached hydrogen (secondary N) is 2. The van der Waals surface area contributed by atoms with Crippen molar-refractivity contribution in [1.82, 2.24) is 10.3 Å². The summed E-state index contributed by atoms with van der Waals surface area (Å²) in [6, 6.07) is 3.64. The minimum absolute atomic E-state index is 0.0359. The molecule has 2 N–H and O–H groups in total.